The molecule has 2 aliphatic rings. The van der Waals surface area contributed by atoms with E-state index in [4.69, 9.17) is 4.84 Å². The fourth-order valence-electron chi connectivity index (χ4n) is 4.88. The number of rotatable bonds is 1. The fourth-order valence-corrected chi connectivity index (χ4v) is 4.88. The molecule has 4 atom stereocenters. The number of nitrogens with zero attached hydrogens (tertiary/aromatic N) is 1. The van der Waals surface area contributed by atoms with E-state index in [0.29, 0.717) is 17.9 Å². The monoisotopic (exact) mass is 287 g/mol. The highest BCUT2D eigenvalue weighted by molar-refractivity contribution is 5.30. The van der Waals surface area contributed by atoms with E-state index in [1.54, 1.807) is 0 Å². The zero-order valence-corrected chi connectivity index (χ0v) is 14.3. The van der Waals surface area contributed by atoms with Crippen LogP contribution in [-0.4, -0.2) is 23.8 Å². The number of aryl methyl sites for hydroxylation is 1. The average Bonchev–Trinajstić information content (AvgIpc) is 2.59. The molecular formula is C19H29NO. The molecule has 1 aromatic carbocycles. The Bertz CT molecular complexity index is 521. The first-order chi connectivity index (χ1) is 9.73. The first-order valence-electron chi connectivity index (χ1n) is 8.22. The normalized spacial score (nSPS) is 39.2. The molecule has 2 fully saturated rings. The van der Waals surface area contributed by atoms with Crippen LogP contribution in [0.1, 0.15) is 51.7 Å². The fraction of sp³-hybridized carbons (Fsp3) is 0.684. The number of fused-ring (bicyclic) bond motifs is 1. The van der Waals surface area contributed by atoms with Gasteiger partial charge in [0.05, 0.1) is 5.60 Å². The topological polar surface area (TPSA) is 12.5 Å². The predicted molar refractivity (Wildman–Crippen MR) is 87.1 cm³/mol. The molecule has 3 rings (SSSR count). The van der Waals surface area contributed by atoms with Crippen molar-refractivity contribution in [3.8, 4) is 0 Å². The molecule has 0 N–H and O–H groups in total. The van der Waals surface area contributed by atoms with Crippen molar-refractivity contribution in [1.29, 1.82) is 0 Å². The first kappa shape index (κ1) is 15.1. The molecule has 0 amide bonds. The van der Waals surface area contributed by atoms with Crippen LogP contribution in [0.15, 0.2) is 24.3 Å². The molecule has 21 heavy (non-hydrogen) atoms. The van der Waals surface area contributed by atoms with Crippen LogP contribution < -0.4 is 0 Å². The van der Waals surface area contributed by atoms with E-state index >= 15 is 0 Å². The Kier molecular flexibility index (Phi) is 3.46. The highest BCUT2D eigenvalue weighted by Crippen LogP contribution is 2.53. The van der Waals surface area contributed by atoms with Gasteiger partial charge in [-0.2, -0.15) is 5.06 Å². The van der Waals surface area contributed by atoms with Gasteiger partial charge < -0.3 is 0 Å². The molecule has 0 spiro atoms. The van der Waals surface area contributed by atoms with E-state index in [9.17, 15) is 0 Å². The Morgan fingerprint density at radius 1 is 1.10 bits per heavy atom. The van der Waals surface area contributed by atoms with Crippen molar-refractivity contribution in [3.63, 3.8) is 0 Å². The van der Waals surface area contributed by atoms with E-state index in [0.717, 1.165) is 0 Å². The van der Waals surface area contributed by atoms with Gasteiger partial charge in [-0.15, -0.1) is 0 Å². The van der Waals surface area contributed by atoms with Crippen LogP contribution in [-0.2, 0) is 10.3 Å². The standard InChI is InChI=1S/C19H29NO/c1-13-7-9-15(10-8-13)19(5)11-14(2)17-16(12-19)18(3,4)21-20(17)6/h7-10,14,16-17H,11-12H2,1-6H3/t14-,16+,17+,19+/m0/s1. The van der Waals surface area contributed by atoms with Crippen LogP contribution >= 0.6 is 0 Å². The highest BCUT2D eigenvalue weighted by atomic mass is 16.7. The molecule has 2 heteroatoms. The van der Waals surface area contributed by atoms with Gasteiger partial charge in [0.15, 0.2) is 0 Å². The maximum atomic E-state index is 6.15. The minimum Gasteiger partial charge on any atom is -0.293 e. The molecule has 0 radical (unpaired) electrons. The van der Waals surface area contributed by atoms with Crippen LogP contribution in [0.4, 0.5) is 0 Å². The van der Waals surface area contributed by atoms with Crippen LogP contribution in [0, 0.1) is 18.8 Å². The minimum absolute atomic E-state index is 0.0555. The van der Waals surface area contributed by atoms with Crippen LogP contribution in [0.25, 0.3) is 0 Å². The van der Waals surface area contributed by atoms with E-state index in [2.05, 4.69) is 71.0 Å². The number of hydrogen-bond acceptors (Lipinski definition) is 2. The van der Waals surface area contributed by atoms with E-state index in [1.165, 1.54) is 24.0 Å². The van der Waals surface area contributed by atoms with Gasteiger partial charge in [0.1, 0.15) is 0 Å². The lowest BCUT2D eigenvalue weighted by Crippen LogP contribution is -2.48. The van der Waals surface area contributed by atoms with Crippen molar-refractivity contribution >= 4 is 0 Å². The van der Waals surface area contributed by atoms with Crippen molar-refractivity contribution in [3.05, 3.63) is 35.4 Å². The molecule has 116 valence electrons. The van der Waals surface area contributed by atoms with Gasteiger partial charge in [-0.25, -0.2) is 0 Å². The molecule has 1 aliphatic carbocycles. The summed E-state index contributed by atoms with van der Waals surface area (Å²) in [7, 11) is 2.11. The first-order valence-corrected chi connectivity index (χ1v) is 8.22. The second-order valence-corrected chi connectivity index (χ2v) is 8.15. The summed E-state index contributed by atoms with van der Waals surface area (Å²) in [5.74, 6) is 1.25. The number of hydroxylamine groups is 2. The molecule has 1 saturated heterocycles. The Balaban J connectivity index is 1.94. The van der Waals surface area contributed by atoms with Gasteiger partial charge in [-0.3, -0.25) is 4.84 Å². The van der Waals surface area contributed by atoms with Crippen molar-refractivity contribution in [2.24, 2.45) is 11.8 Å². The molecule has 1 heterocycles. The van der Waals surface area contributed by atoms with E-state index in [-0.39, 0.29) is 11.0 Å². The summed E-state index contributed by atoms with van der Waals surface area (Å²) in [5.41, 5.74) is 3.04. The van der Waals surface area contributed by atoms with Gasteiger partial charge in [0, 0.05) is 19.0 Å². The van der Waals surface area contributed by atoms with Crippen LogP contribution in [0.5, 0.6) is 0 Å². The lowest BCUT2D eigenvalue weighted by molar-refractivity contribution is -0.182. The SMILES string of the molecule is Cc1ccc([C@@]2(C)C[C@@H]3[C@@H]([C@@H](C)C2)N(C)OC3(C)C)cc1. The smallest absolute Gasteiger partial charge is 0.0887 e. The Labute approximate surface area is 129 Å². The van der Waals surface area contributed by atoms with Gasteiger partial charge in [-0.05, 0) is 50.5 Å². The molecule has 0 bridgehead atoms. The molecule has 1 aromatic rings. The summed E-state index contributed by atoms with van der Waals surface area (Å²) >= 11 is 0. The van der Waals surface area contributed by atoms with Crippen molar-refractivity contribution in [1.82, 2.24) is 5.06 Å². The maximum Gasteiger partial charge on any atom is 0.0887 e. The van der Waals surface area contributed by atoms with Crippen LogP contribution in [0.3, 0.4) is 0 Å². The molecular weight excluding hydrogens is 258 g/mol. The summed E-state index contributed by atoms with van der Waals surface area (Å²) in [6.45, 7) is 11.5. The zero-order chi connectivity index (χ0) is 15.4. The lowest BCUT2D eigenvalue weighted by atomic mass is 9.59. The third-order valence-electron chi connectivity index (χ3n) is 5.88. The molecule has 1 aliphatic heterocycles. The van der Waals surface area contributed by atoms with Crippen molar-refractivity contribution in [2.45, 2.75) is 64.5 Å². The van der Waals surface area contributed by atoms with Gasteiger partial charge in [0.2, 0.25) is 0 Å². The second-order valence-electron chi connectivity index (χ2n) is 8.15. The molecule has 0 aromatic heterocycles. The van der Waals surface area contributed by atoms with Gasteiger partial charge in [-0.1, -0.05) is 43.7 Å². The third-order valence-corrected chi connectivity index (χ3v) is 5.88. The average molecular weight is 287 g/mol. The summed E-state index contributed by atoms with van der Waals surface area (Å²) in [5, 5.41) is 2.13. The van der Waals surface area contributed by atoms with Crippen molar-refractivity contribution in [2.75, 3.05) is 7.05 Å². The summed E-state index contributed by atoms with van der Waals surface area (Å²) < 4.78 is 0. The summed E-state index contributed by atoms with van der Waals surface area (Å²) in [6.07, 6.45) is 2.45. The molecule has 0 unspecified atom stereocenters. The van der Waals surface area contributed by atoms with E-state index in [1.807, 2.05) is 0 Å². The van der Waals surface area contributed by atoms with E-state index < -0.39 is 0 Å². The number of hydrogen-bond donors (Lipinski definition) is 0. The quantitative estimate of drug-likeness (QED) is 0.762. The largest absolute Gasteiger partial charge is 0.293 e. The second kappa shape index (κ2) is 4.82. The Morgan fingerprint density at radius 2 is 1.71 bits per heavy atom. The third kappa shape index (κ3) is 2.43. The van der Waals surface area contributed by atoms with Crippen LogP contribution in [0.2, 0.25) is 0 Å². The summed E-state index contributed by atoms with van der Waals surface area (Å²) in [4.78, 5) is 6.15. The predicted octanol–water partition coefficient (Wildman–Crippen LogP) is 4.32. The number of benzene rings is 1. The minimum atomic E-state index is -0.0555. The van der Waals surface area contributed by atoms with Gasteiger partial charge in [0.25, 0.3) is 0 Å². The Morgan fingerprint density at radius 3 is 2.33 bits per heavy atom. The zero-order valence-electron chi connectivity index (χ0n) is 14.3. The van der Waals surface area contributed by atoms with Gasteiger partial charge >= 0.3 is 0 Å². The molecule has 1 saturated carbocycles. The lowest BCUT2D eigenvalue weighted by Gasteiger charge is -2.46. The Hall–Kier alpha value is -0.860. The van der Waals surface area contributed by atoms with Crippen molar-refractivity contribution < 1.29 is 4.84 Å². The maximum absolute atomic E-state index is 6.15. The summed E-state index contributed by atoms with van der Waals surface area (Å²) in [6, 6.07) is 9.71. The molecule has 2 nitrogen and oxygen atoms in total. The highest BCUT2D eigenvalue weighted by Gasteiger charge is 2.55.